The van der Waals surface area contributed by atoms with E-state index >= 15 is 0 Å². The van der Waals surface area contributed by atoms with Gasteiger partial charge in [-0.05, 0) is 63.3 Å². The summed E-state index contributed by atoms with van der Waals surface area (Å²) in [5, 5.41) is 3.49. The van der Waals surface area contributed by atoms with Gasteiger partial charge in [0.2, 0.25) is 0 Å². The van der Waals surface area contributed by atoms with Crippen molar-refractivity contribution in [3.05, 3.63) is 49.6 Å². The molecule has 1 N–H and O–H groups in total. The maximum atomic E-state index is 3.80. The van der Waals surface area contributed by atoms with Crippen LogP contribution in [-0.4, -0.2) is 13.1 Å². The van der Waals surface area contributed by atoms with Crippen LogP contribution in [0.15, 0.2) is 49.6 Å². The van der Waals surface area contributed by atoms with Gasteiger partial charge in [-0.3, -0.25) is 0 Å². The average Bonchev–Trinajstić information content (AvgIpc) is 2.48. The molecule has 0 bridgehead atoms. The van der Waals surface area contributed by atoms with Crippen molar-refractivity contribution in [3.8, 4) is 0 Å². The summed E-state index contributed by atoms with van der Waals surface area (Å²) in [7, 11) is 2.09. The molecule has 0 spiro atoms. The molecule has 0 aromatic heterocycles. The Balaban J connectivity index is 2.58. The van der Waals surface area contributed by atoms with E-state index in [-0.39, 0.29) is 0 Å². The average molecular weight is 287 g/mol. The fraction of sp³-hybridized carbons (Fsp3) is 0.600. The molecule has 0 amide bonds. The first-order chi connectivity index (χ1) is 10.3. The Bertz CT molecular complexity index is 349. The quantitative estimate of drug-likeness (QED) is 0.510. The van der Waals surface area contributed by atoms with Crippen LogP contribution in [-0.2, 0) is 0 Å². The monoisotopic (exact) mass is 287 g/mol. The molecule has 1 fully saturated rings. The highest BCUT2D eigenvalue weighted by molar-refractivity contribution is 5.03. The zero-order valence-corrected chi connectivity index (χ0v) is 13.9. The van der Waals surface area contributed by atoms with Gasteiger partial charge < -0.3 is 5.32 Å². The van der Waals surface area contributed by atoms with Crippen LogP contribution in [0.2, 0.25) is 0 Å². The minimum atomic E-state index is 0.587. The van der Waals surface area contributed by atoms with Gasteiger partial charge in [0.1, 0.15) is 0 Å². The fourth-order valence-corrected chi connectivity index (χ4v) is 3.29. The normalized spacial score (nSPS) is 24.9. The van der Waals surface area contributed by atoms with Crippen molar-refractivity contribution in [2.24, 2.45) is 17.8 Å². The SMILES string of the molecule is C=CCC=CC1CCC1CC(C=CCC=C)C(CC)NC. The first-order valence-corrected chi connectivity index (χ1v) is 8.49. The molecular weight excluding hydrogens is 254 g/mol. The molecule has 1 aliphatic carbocycles. The van der Waals surface area contributed by atoms with E-state index in [9.17, 15) is 0 Å². The van der Waals surface area contributed by atoms with E-state index in [4.69, 9.17) is 0 Å². The van der Waals surface area contributed by atoms with E-state index in [1.807, 2.05) is 12.2 Å². The third-order valence-corrected chi connectivity index (χ3v) is 4.75. The Labute approximate surface area is 131 Å². The largest absolute Gasteiger partial charge is 0.316 e. The predicted octanol–water partition coefficient (Wildman–Crippen LogP) is 5.28. The Morgan fingerprint density at radius 1 is 1.14 bits per heavy atom. The summed E-state index contributed by atoms with van der Waals surface area (Å²) in [4.78, 5) is 0. The molecule has 0 aromatic rings. The summed E-state index contributed by atoms with van der Waals surface area (Å²) in [6.45, 7) is 9.86. The Morgan fingerprint density at radius 3 is 2.38 bits per heavy atom. The second-order valence-electron chi connectivity index (χ2n) is 6.11. The lowest BCUT2D eigenvalue weighted by Crippen LogP contribution is -2.36. The van der Waals surface area contributed by atoms with Crippen molar-refractivity contribution >= 4 is 0 Å². The fourth-order valence-electron chi connectivity index (χ4n) is 3.29. The van der Waals surface area contributed by atoms with Gasteiger partial charge in [0.25, 0.3) is 0 Å². The van der Waals surface area contributed by atoms with Crippen molar-refractivity contribution in [2.45, 2.75) is 51.5 Å². The van der Waals surface area contributed by atoms with E-state index in [1.54, 1.807) is 0 Å². The minimum Gasteiger partial charge on any atom is -0.316 e. The first-order valence-electron chi connectivity index (χ1n) is 8.49. The Kier molecular flexibility index (Phi) is 9.09. The molecule has 0 radical (unpaired) electrons. The summed E-state index contributed by atoms with van der Waals surface area (Å²) >= 11 is 0. The first kappa shape index (κ1) is 18.0. The third kappa shape index (κ3) is 6.05. The van der Waals surface area contributed by atoms with Crippen LogP contribution in [0.5, 0.6) is 0 Å². The minimum absolute atomic E-state index is 0.587. The van der Waals surface area contributed by atoms with Gasteiger partial charge in [-0.15, -0.1) is 13.2 Å². The van der Waals surface area contributed by atoms with E-state index in [1.165, 1.54) is 25.7 Å². The zero-order valence-electron chi connectivity index (χ0n) is 13.9. The molecule has 4 unspecified atom stereocenters. The molecule has 1 nitrogen and oxygen atoms in total. The molecule has 0 aliphatic heterocycles. The highest BCUT2D eigenvalue weighted by Gasteiger charge is 2.31. The van der Waals surface area contributed by atoms with Gasteiger partial charge in [0, 0.05) is 6.04 Å². The Morgan fingerprint density at radius 2 is 1.86 bits per heavy atom. The topological polar surface area (TPSA) is 12.0 Å². The number of nitrogens with one attached hydrogen (secondary N) is 1. The molecular formula is C20H33N. The molecule has 1 aliphatic rings. The smallest absolute Gasteiger partial charge is 0.0124 e. The van der Waals surface area contributed by atoms with E-state index < -0.39 is 0 Å². The van der Waals surface area contributed by atoms with Crippen LogP contribution in [0.4, 0.5) is 0 Å². The number of allylic oxidation sites excluding steroid dienone is 5. The van der Waals surface area contributed by atoms with Crippen molar-refractivity contribution in [2.75, 3.05) is 7.05 Å². The second-order valence-corrected chi connectivity index (χ2v) is 6.11. The predicted molar refractivity (Wildman–Crippen MR) is 95.4 cm³/mol. The van der Waals surface area contributed by atoms with Crippen LogP contribution < -0.4 is 5.32 Å². The van der Waals surface area contributed by atoms with Crippen molar-refractivity contribution in [1.82, 2.24) is 5.32 Å². The summed E-state index contributed by atoms with van der Waals surface area (Å²) < 4.78 is 0. The summed E-state index contributed by atoms with van der Waals surface area (Å²) in [6, 6.07) is 0.587. The van der Waals surface area contributed by atoms with Gasteiger partial charge in [-0.1, -0.05) is 43.4 Å². The zero-order chi connectivity index (χ0) is 15.5. The van der Waals surface area contributed by atoms with Gasteiger partial charge in [-0.25, -0.2) is 0 Å². The van der Waals surface area contributed by atoms with Crippen LogP contribution in [0.25, 0.3) is 0 Å². The molecule has 0 saturated heterocycles. The molecule has 4 atom stereocenters. The molecule has 1 heteroatoms. The van der Waals surface area contributed by atoms with E-state index in [2.05, 4.69) is 56.8 Å². The van der Waals surface area contributed by atoms with Crippen molar-refractivity contribution < 1.29 is 0 Å². The lowest BCUT2D eigenvalue weighted by molar-refractivity contribution is 0.179. The van der Waals surface area contributed by atoms with Crippen LogP contribution in [0, 0.1) is 17.8 Å². The maximum Gasteiger partial charge on any atom is 0.0124 e. The highest BCUT2D eigenvalue weighted by atomic mass is 14.9. The standard InChI is InChI=1S/C20H33N/c1-5-8-10-12-17-14-15-18(17)16-19(13-11-9-6-2)20(7-3)21-4/h5-6,10-13,17-21H,1-2,7-9,14-16H2,3-4H3. The van der Waals surface area contributed by atoms with E-state index in [0.29, 0.717) is 12.0 Å². The summed E-state index contributed by atoms with van der Waals surface area (Å²) in [6.07, 6.45) is 20.5. The lowest BCUT2D eigenvalue weighted by Gasteiger charge is -2.38. The van der Waals surface area contributed by atoms with Crippen LogP contribution in [0.1, 0.15) is 45.4 Å². The van der Waals surface area contributed by atoms with Gasteiger partial charge in [0.15, 0.2) is 0 Å². The Hall–Kier alpha value is -1.08. The molecule has 0 aromatic carbocycles. The number of hydrogen-bond acceptors (Lipinski definition) is 1. The van der Waals surface area contributed by atoms with E-state index in [0.717, 1.165) is 24.7 Å². The van der Waals surface area contributed by atoms with Crippen LogP contribution >= 0.6 is 0 Å². The van der Waals surface area contributed by atoms with Gasteiger partial charge >= 0.3 is 0 Å². The molecule has 1 saturated carbocycles. The second kappa shape index (κ2) is 10.6. The number of hydrogen-bond donors (Lipinski definition) is 1. The van der Waals surface area contributed by atoms with Gasteiger partial charge in [0.05, 0.1) is 0 Å². The van der Waals surface area contributed by atoms with Crippen molar-refractivity contribution in [1.29, 1.82) is 0 Å². The molecule has 1 rings (SSSR count). The summed E-state index contributed by atoms with van der Waals surface area (Å²) in [5.74, 6) is 2.28. The number of rotatable bonds is 11. The molecule has 21 heavy (non-hydrogen) atoms. The van der Waals surface area contributed by atoms with Crippen LogP contribution in [0.3, 0.4) is 0 Å². The van der Waals surface area contributed by atoms with Gasteiger partial charge in [-0.2, -0.15) is 0 Å². The molecule has 118 valence electrons. The third-order valence-electron chi connectivity index (χ3n) is 4.75. The highest BCUT2D eigenvalue weighted by Crippen LogP contribution is 2.40. The maximum absolute atomic E-state index is 3.80. The summed E-state index contributed by atoms with van der Waals surface area (Å²) in [5.41, 5.74) is 0. The van der Waals surface area contributed by atoms with Crippen molar-refractivity contribution in [3.63, 3.8) is 0 Å². The molecule has 0 heterocycles. The lowest BCUT2D eigenvalue weighted by atomic mass is 9.68.